The number of hydrogen-bond acceptors (Lipinski definition) is 2. The zero-order valence-corrected chi connectivity index (χ0v) is 12.6. The van der Waals surface area contributed by atoms with E-state index in [0.29, 0.717) is 0 Å². The van der Waals surface area contributed by atoms with Gasteiger partial charge in [-0.3, -0.25) is 4.79 Å². The summed E-state index contributed by atoms with van der Waals surface area (Å²) in [5, 5.41) is 11.7. The predicted molar refractivity (Wildman–Crippen MR) is 77.3 cm³/mol. The fourth-order valence-corrected chi connectivity index (χ4v) is 1.74. The summed E-state index contributed by atoms with van der Waals surface area (Å²) in [4.78, 5) is 22.7. The Bertz CT molecular complexity index is 434. The molecule has 104 valence electrons. The Balaban J connectivity index is 2.69. The molecule has 0 radical (unpaired) electrons. The second-order valence-corrected chi connectivity index (χ2v) is 5.72. The molecule has 2 N–H and O–H groups in total. The van der Waals surface area contributed by atoms with Gasteiger partial charge in [0, 0.05) is 6.42 Å². The Hall–Kier alpha value is -1.36. The van der Waals surface area contributed by atoms with Gasteiger partial charge >= 0.3 is 5.97 Å². The third kappa shape index (κ3) is 5.03. The molecule has 1 aromatic rings. The van der Waals surface area contributed by atoms with Crippen LogP contribution in [0.2, 0.25) is 0 Å². The van der Waals surface area contributed by atoms with E-state index in [4.69, 9.17) is 0 Å². The maximum atomic E-state index is 11.9. The summed E-state index contributed by atoms with van der Waals surface area (Å²) >= 11 is 3.27. The van der Waals surface area contributed by atoms with E-state index in [2.05, 4.69) is 21.2 Å². The highest BCUT2D eigenvalue weighted by molar-refractivity contribution is 9.10. The normalized spacial score (nSPS) is 13.9. The molecule has 1 unspecified atom stereocenters. The van der Waals surface area contributed by atoms with E-state index in [1.807, 2.05) is 44.2 Å². The van der Waals surface area contributed by atoms with Gasteiger partial charge in [0.05, 0.1) is 4.83 Å². The van der Waals surface area contributed by atoms with Crippen LogP contribution in [-0.2, 0) is 16.0 Å². The van der Waals surface area contributed by atoms with E-state index >= 15 is 0 Å². The molecule has 0 spiro atoms. The molecule has 1 amide bonds. The van der Waals surface area contributed by atoms with Crippen molar-refractivity contribution in [2.45, 2.75) is 31.1 Å². The van der Waals surface area contributed by atoms with Crippen LogP contribution in [0, 0.1) is 5.92 Å². The lowest BCUT2D eigenvalue weighted by molar-refractivity contribution is -0.141. The molecule has 0 heterocycles. The van der Waals surface area contributed by atoms with Crippen molar-refractivity contribution in [1.82, 2.24) is 5.32 Å². The van der Waals surface area contributed by atoms with Gasteiger partial charge in [-0.15, -0.1) is 0 Å². The van der Waals surface area contributed by atoms with Crippen molar-refractivity contribution < 1.29 is 14.7 Å². The average Bonchev–Trinajstić information content (AvgIpc) is 2.37. The molecule has 0 saturated heterocycles. The van der Waals surface area contributed by atoms with E-state index in [1.54, 1.807) is 0 Å². The molecule has 0 aliphatic carbocycles. The predicted octanol–water partition coefficient (Wildman–Crippen LogP) is 2.22. The molecule has 1 rings (SSSR count). The number of benzene rings is 1. The molecule has 0 aliphatic rings. The second kappa shape index (κ2) is 7.28. The number of carboxylic acid groups (broad SMARTS) is 1. The maximum Gasteiger partial charge on any atom is 0.326 e. The molecule has 0 bridgehead atoms. The smallest absolute Gasteiger partial charge is 0.326 e. The molecule has 4 nitrogen and oxygen atoms in total. The van der Waals surface area contributed by atoms with Gasteiger partial charge in [-0.25, -0.2) is 4.79 Å². The fraction of sp³-hybridized carbons (Fsp3) is 0.429. The van der Waals surface area contributed by atoms with E-state index < -0.39 is 12.0 Å². The minimum absolute atomic E-state index is 0.103. The van der Waals surface area contributed by atoms with Crippen molar-refractivity contribution in [3.8, 4) is 0 Å². The SMILES string of the molecule is CC(C)C(Br)C(=O)N[C@H](Cc1ccccc1)C(=O)O. The van der Waals surface area contributed by atoms with Crippen LogP contribution in [0.5, 0.6) is 0 Å². The Kier molecular flexibility index (Phi) is 6.02. The first kappa shape index (κ1) is 15.7. The molecule has 1 aromatic carbocycles. The van der Waals surface area contributed by atoms with Gasteiger partial charge in [-0.05, 0) is 11.5 Å². The number of alkyl halides is 1. The van der Waals surface area contributed by atoms with Crippen molar-refractivity contribution in [2.24, 2.45) is 5.92 Å². The van der Waals surface area contributed by atoms with Gasteiger partial charge in [0.25, 0.3) is 0 Å². The average molecular weight is 328 g/mol. The first-order chi connectivity index (χ1) is 8.91. The van der Waals surface area contributed by atoms with E-state index in [0.717, 1.165) is 5.56 Å². The summed E-state index contributed by atoms with van der Waals surface area (Å²) in [5.41, 5.74) is 0.880. The highest BCUT2D eigenvalue weighted by atomic mass is 79.9. The number of amides is 1. The van der Waals surface area contributed by atoms with Gasteiger partial charge in [0.1, 0.15) is 6.04 Å². The van der Waals surface area contributed by atoms with Gasteiger partial charge in [0.2, 0.25) is 5.91 Å². The van der Waals surface area contributed by atoms with E-state index in [1.165, 1.54) is 0 Å². The highest BCUT2D eigenvalue weighted by Gasteiger charge is 2.25. The molecule has 0 aliphatic heterocycles. The maximum absolute atomic E-state index is 11.9. The molecular formula is C14H18BrNO3. The van der Waals surface area contributed by atoms with Gasteiger partial charge in [0.15, 0.2) is 0 Å². The van der Waals surface area contributed by atoms with Crippen molar-refractivity contribution in [3.63, 3.8) is 0 Å². The van der Waals surface area contributed by atoms with Crippen LogP contribution in [-0.4, -0.2) is 27.9 Å². The quantitative estimate of drug-likeness (QED) is 0.787. The standard InChI is InChI=1S/C14H18BrNO3/c1-9(2)12(15)13(17)16-11(14(18)19)8-10-6-4-3-5-7-10/h3-7,9,11-12H,8H2,1-2H3,(H,16,17)(H,18,19)/t11-,12?/m1/s1. The first-order valence-corrected chi connectivity index (χ1v) is 7.04. The lowest BCUT2D eigenvalue weighted by atomic mass is 10.0. The summed E-state index contributed by atoms with van der Waals surface area (Å²) in [6.45, 7) is 3.79. The van der Waals surface area contributed by atoms with Crippen molar-refractivity contribution in [3.05, 3.63) is 35.9 Å². The Morgan fingerprint density at radius 1 is 1.26 bits per heavy atom. The van der Waals surface area contributed by atoms with Crippen LogP contribution in [0.25, 0.3) is 0 Å². The van der Waals surface area contributed by atoms with Crippen LogP contribution >= 0.6 is 15.9 Å². The minimum Gasteiger partial charge on any atom is -0.480 e. The summed E-state index contributed by atoms with van der Waals surface area (Å²) < 4.78 is 0. The van der Waals surface area contributed by atoms with Gasteiger partial charge < -0.3 is 10.4 Å². The molecular weight excluding hydrogens is 310 g/mol. The van der Waals surface area contributed by atoms with Crippen LogP contribution < -0.4 is 5.32 Å². The lowest BCUT2D eigenvalue weighted by Gasteiger charge is -2.19. The van der Waals surface area contributed by atoms with Crippen molar-refractivity contribution in [1.29, 1.82) is 0 Å². The summed E-state index contributed by atoms with van der Waals surface area (Å²) in [5.74, 6) is -1.22. The number of hydrogen-bond donors (Lipinski definition) is 2. The monoisotopic (exact) mass is 327 g/mol. The molecule has 0 saturated carbocycles. The molecule has 0 fully saturated rings. The number of aliphatic carboxylic acids is 1. The van der Waals surface area contributed by atoms with Crippen LogP contribution in [0.1, 0.15) is 19.4 Å². The second-order valence-electron chi connectivity index (χ2n) is 4.73. The Morgan fingerprint density at radius 3 is 2.32 bits per heavy atom. The number of carboxylic acids is 1. The molecule has 5 heteroatoms. The van der Waals surface area contributed by atoms with Crippen molar-refractivity contribution in [2.75, 3.05) is 0 Å². The summed E-state index contributed by atoms with van der Waals surface area (Å²) in [7, 11) is 0. The summed E-state index contributed by atoms with van der Waals surface area (Å²) in [6, 6.07) is 8.33. The van der Waals surface area contributed by atoms with Gasteiger partial charge in [-0.1, -0.05) is 60.1 Å². The molecule has 2 atom stereocenters. The van der Waals surface area contributed by atoms with Crippen molar-refractivity contribution >= 4 is 27.8 Å². The third-order valence-electron chi connectivity index (χ3n) is 2.73. The summed E-state index contributed by atoms with van der Waals surface area (Å²) in [6.07, 6.45) is 0.278. The molecule has 19 heavy (non-hydrogen) atoms. The first-order valence-electron chi connectivity index (χ1n) is 6.13. The van der Waals surface area contributed by atoms with E-state index in [-0.39, 0.29) is 23.1 Å². The number of nitrogens with one attached hydrogen (secondary N) is 1. The molecule has 0 aromatic heterocycles. The topological polar surface area (TPSA) is 66.4 Å². The number of carbonyl (C=O) groups excluding carboxylic acids is 1. The Morgan fingerprint density at radius 2 is 1.84 bits per heavy atom. The highest BCUT2D eigenvalue weighted by Crippen LogP contribution is 2.12. The fourth-order valence-electron chi connectivity index (χ4n) is 1.60. The largest absolute Gasteiger partial charge is 0.480 e. The third-order valence-corrected chi connectivity index (χ3v) is 4.21. The van der Waals surface area contributed by atoms with E-state index in [9.17, 15) is 14.7 Å². The number of carbonyl (C=O) groups is 2. The van der Waals surface area contributed by atoms with Crippen LogP contribution in [0.3, 0.4) is 0 Å². The minimum atomic E-state index is -1.03. The van der Waals surface area contributed by atoms with Crippen LogP contribution in [0.4, 0.5) is 0 Å². The number of halogens is 1. The number of rotatable bonds is 6. The lowest BCUT2D eigenvalue weighted by Crippen LogP contribution is -2.46. The Labute approximate surface area is 121 Å². The zero-order chi connectivity index (χ0) is 14.4. The van der Waals surface area contributed by atoms with Crippen LogP contribution in [0.15, 0.2) is 30.3 Å². The van der Waals surface area contributed by atoms with Gasteiger partial charge in [-0.2, -0.15) is 0 Å². The zero-order valence-electron chi connectivity index (χ0n) is 11.0.